The van der Waals surface area contributed by atoms with E-state index in [-0.39, 0.29) is 0 Å². The topological polar surface area (TPSA) is 78.6 Å². The second-order valence-corrected chi connectivity index (χ2v) is 6.03. The first kappa shape index (κ1) is 17.8. The number of aliphatic imine (C=N–C) groups is 1. The average Bonchev–Trinajstić information content (AvgIpc) is 3.04. The molecule has 0 spiro atoms. The summed E-state index contributed by atoms with van der Waals surface area (Å²) in [5, 5.41) is 10.6. The first-order chi connectivity index (χ1) is 11.5. The van der Waals surface area contributed by atoms with Gasteiger partial charge in [-0.25, -0.2) is 4.98 Å². The van der Waals surface area contributed by atoms with Crippen LogP contribution in [0.25, 0.3) is 0 Å². The van der Waals surface area contributed by atoms with Crippen LogP contribution in [-0.2, 0) is 13.1 Å². The molecule has 2 rings (SSSR count). The number of hydrogen-bond acceptors (Lipinski definition) is 5. The largest absolute Gasteiger partial charge is 0.362 e. The monoisotopic (exact) mass is 330 g/mol. The predicted molar refractivity (Wildman–Crippen MR) is 96.2 cm³/mol. The van der Waals surface area contributed by atoms with Gasteiger partial charge in [-0.15, -0.1) is 0 Å². The molecule has 0 atom stereocenters. The maximum Gasteiger partial charge on any atom is 0.191 e. The van der Waals surface area contributed by atoms with Gasteiger partial charge in [0.15, 0.2) is 11.7 Å². The molecule has 0 amide bonds. The molecule has 0 bridgehead atoms. The van der Waals surface area contributed by atoms with Crippen molar-refractivity contribution in [2.75, 3.05) is 26.0 Å². The van der Waals surface area contributed by atoms with Gasteiger partial charge in [-0.3, -0.25) is 4.99 Å². The Labute approximate surface area is 143 Å². The molecule has 0 saturated heterocycles. The summed E-state index contributed by atoms with van der Waals surface area (Å²) in [4.78, 5) is 10.6. The minimum absolute atomic E-state index is 0.356. The Morgan fingerprint density at radius 3 is 2.67 bits per heavy atom. The Kier molecular flexibility index (Phi) is 6.17. The van der Waals surface area contributed by atoms with Crippen LogP contribution in [0.15, 0.2) is 33.9 Å². The van der Waals surface area contributed by atoms with Crippen LogP contribution in [-0.4, -0.2) is 37.2 Å². The van der Waals surface area contributed by atoms with Gasteiger partial charge in [-0.05, 0) is 12.0 Å². The Morgan fingerprint density at radius 1 is 1.29 bits per heavy atom. The highest BCUT2D eigenvalue weighted by molar-refractivity contribution is 5.79. The Hall–Kier alpha value is -2.57. The fourth-order valence-corrected chi connectivity index (χ4v) is 2.23. The van der Waals surface area contributed by atoms with E-state index in [1.54, 1.807) is 13.2 Å². The summed E-state index contributed by atoms with van der Waals surface area (Å²) in [6.45, 7) is 5.35. The zero-order valence-corrected chi connectivity index (χ0v) is 15.0. The Balaban J connectivity index is 1.91. The van der Waals surface area contributed by atoms with E-state index in [1.165, 1.54) is 0 Å². The highest BCUT2D eigenvalue weighted by Crippen LogP contribution is 2.14. The Bertz CT molecular complexity index is 677. The third-order valence-electron chi connectivity index (χ3n) is 3.56. The molecule has 0 aromatic carbocycles. The highest BCUT2D eigenvalue weighted by atomic mass is 16.5. The van der Waals surface area contributed by atoms with Crippen LogP contribution in [0, 0.1) is 0 Å². The molecule has 130 valence electrons. The van der Waals surface area contributed by atoms with Crippen molar-refractivity contribution in [3.8, 4) is 0 Å². The van der Waals surface area contributed by atoms with Gasteiger partial charge in [0.2, 0.25) is 0 Å². The maximum atomic E-state index is 5.32. The van der Waals surface area contributed by atoms with Crippen molar-refractivity contribution in [3.05, 3.63) is 41.4 Å². The molecule has 7 heteroatoms. The lowest BCUT2D eigenvalue weighted by Gasteiger charge is -2.17. The number of pyridine rings is 1. The first-order valence-electron chi connectivity index (χ1n) is 8.02. The van der Waals surface area contributed by atoms with Gasteiger partial charge < -0.3 is 20.1 Å². The summed E-state index contributed by atoms with van der Waals surface area (Å²) >= 11 is 0. The van der Waals surface area contributed by atoms with Crippen LogP contribution in [0.1, 0.15) is 36.8 Å². The van der Waals surface area contributed by atoms with Crippen LogP contribution >= 0.6 is 0 Å². The normalized spacial score (nSPS) is 11.7. The van der Waals surface area contributed by atoms with E-state index in [2.05, 4.69) is 39.6 Å². The van der Waals surface area contributed by atoms with Crippen LogP contribution in [0.3, 0.4) is 0 Å². The Morgan fingerprint density at radius 2 is 2.04 bits per heavy atom. The lowest BCUT2D eigenvalue weighted by Crippen LogP contribution is -2.36. The smallest absolute Gasteiger partial charge is 0.191 e. The molecule has 0 aliphatic rings. The van der Waals surface area contributed by atoms with Crippen LogP contribution in [0.4, 0.5) is 5.82 Å². The molecular formula is C17H26N6O. The molecule has 0 aliphatic heterocycles. The SMILES string of the molecule is CN=C(NCc1cc(C(C)C)no1)NCc1cccnc1N(C)C. The van der Waals surface area contributed by atoms with Crippen LogP contribution in [0.2, 0.25) is 0 Å². The van der Waals surface area contributed by atoms with Gasteiger partial charge in [-0.2, -0.15) is 0 Å². The molecule has 0 unspecified atom stereocenters. The summed E-state index contributed by atoms with van der Waals surface area (Å²) in [5.74, 6) is 2.79. The number of guanidine groups is 1. The van der Waals surface area contributed by atoms with Crippen molar-refractivity contribution in [3.63, 3.8) is 0 Å². The molecule has 0 fully saturated rings. The molecule has 0 aliphatic carbocycles. The quantitative estimate of drug-likeness (QED) is 0.624. The molecule has 7 nitrogen and oxygen atoms in total. The van der Waals surface area contributed by atoms with E-state index in [0.29, 0.717) is 25.0 Å². The number of hydrogen-bond donors (Lipinski definition) is 2. The summed E-state index contributed by atoms with van der Waals surface area (Å²) in [6.07, 6.45) is 1.79. The maximum absolute atomic E-state index is 5.32. The fourth-order valence-electron chi connectivity index (χ4n) is 2.23. The van der Waals surface area contributed by atoms with Gasteiger partial charge in [-0.1, -0.05) is 25.1 Å². The predicted octanol–water partition coefficient (Wildman–Crippen LogP) is 2.12. The fraction of sp³-hybridized carbons (Fsp3) is 0.471. The van der Waals surface area contributed by atoms with Crippen molar-refractivity contribution < 1.29 is 4.52 Å². The number of anilines is 1. The minimum atomic E-state index is 0.356. The van der Waals surface area contributed by atoms with Crippen LogP contribution < -0.4 is 15.5 Å². The van der Waals surface area contributed by atoms with E-state index in [4.69, 9.17) is 4.52 Å². The first-order valence-corrected chi connectivity index (χ1v) is 8.02. The van der Waals surface area contributed by atoms with Gasteiger partial charge in [0.1, 0.15) is 5.82 Å². The van der Waals surface area contributed by atoms with Gasteiger partial charge in [0, 0.05) is 45.5 Å². The standard InChI is InChI=1S/C17H26N6O/c1-12(2)15-9-14(24-22-15)11-21-17(18-3)20-10-13-7-6-8-19-16(13)23(4)5/h6-9,12H,10-11H2,1-5H3,(H2,18,20,21). The number of nitrogens with one attached hydrogen (secondary N) is 2. The number of aromatic nitrogens is 2. The lowest BCUT2D eigenvalue weighted by atomic mass is 10.1. The van der Waals surface area contributed by atoms with E-state index < -0.39 is 0 Å². The van der Waals surface area contributed by atoms with Gasteiger partial charge in [0.05, 0.1) is 12.2 Å². The molecule has 24 heavy (non-hydrogen) atoms. The average molecular weight is 330 g/mol. The summed E-state index contributed by atoms with van der Waals surface area (Å²) < 4.78 is 5.32. The summed E-state index contributed by atoms with van der Waals surface area (Å²) in [5.41, 5.74) is 2.06. The third-order valence-corrected chi connectivity index (χ3v) is 3.56. The minimum Gasteiger partial charge on any atom is -0.362 e. The van der Waals surface area contributed by atoms with Crippen molar-refractivity contribution >= 4 is 11.8 Å². The molecule has 0 radical (unpaired) electrons. The second kappa shape index (κ2) is 8.33. The molecular weight excluding hydrogens is 304 g/mol. The zero-order valence-electron chi connectivity index (χ0n) is 15.0. The van der Waals surface area contributed by atoms with Gasteiger partial charge >= 0.3 is 0 Å². The van der Waals surface area contributed by atoms with E-state index in [9.17, 15) is 0 Å². The number of rotatable bonds is 6. The summed E-state index contributed by atoms with van der Waals surface area (Å²) in [7, 11) is 5.70. The highest BCUT2D eigenvalue weighted by Gasteiger charge is 2.09. The number of nitrogens with zero attached hydrogens (tertiary/aromatic N) is 4. The van der Waals surface area contributed by atoms with E-state index in [0.717, 1.165) is 22.8 Å². The van der Waals surface area contributed by atoms with Crippen molar-refractivity contribution in [1.29, 1.82) is 0 Å². The molecule has 2 aromatic heterocycles. The summed E-state index contributed by atoms with van der Waals surface area (Å²) in [6, 6.07) is 5.95. The van der Waals surface area contributed by atoms with E-state index in [1.807, 2.05) is 37.2 Å². The third kappa shape index (κ3) is 4.71. The van der Waals surface area contributed by atoms with E-state index >= 15 is 0 Å². The molecule has 2 aromatic rings. The van der Waals surface area contributed by atoms with Crippen LogP contribution in [0.5, 0.6) is 0 Å². The van der Waals surface area contributed by atoms with Crippen molar-refractivity contribution in [1.82, 2.24) is 20.8 Å². The van der Waals surface area contributed by atoms with Gasteiger partial charge in [0.25, 0.3) is 0 Å². The second-order valence-electron chi connectivity index (χ2n) is 6.03. The lowest BCUT2D eigenvalue weighted by molar-refractivity contribution is 0.372. The van der Waals surface area contributed by atoms with Crippen molar-refractivity contribution in [2.24, 2.45) is 4.99 Å². The zero-order chi connectivity index (χ0) is 17.5. The molecule has 0 saturated carbocycles. The van der Waals surface area contributed by atoms with Crippen molar-refractivity contribution in [2.45, 2.75) is 32.9 Å². The molecule has 2 heterocycles. The molecule has 2 N–H and O–H groups in total.